The van der Waals surface area contributed by atoms with Crippen LogP contribution in [0.15, 0.2) is 85.2 Å². The maximum absolute atomic E-state index is 12.8. The molecular weight excluding hydrogens is 324 g/mol. The van der Waals surface area contributed by atoms with Crippen molar-refractivity contribution in [3.05, 3.63) is 102 Å². The Balaban J connectivity index is 1.67. The zero-order chi connectivity index (χ0) is 17.8. The highest BCUT2D eigenvalue weighted by Gasteiger charge is 2.19. The van der Waals surface area contributed by atoms with E-state index in [0.717, 1.165) is 16.8 Å². The Bertz CT molecular complexity index is 996. The summed E-state index contributed by atoms with van der Waals surface area (Å²) >= 11 is 0. The zero-order valence-electron chi connectivity index (χ0n) is 13.9. The molecule has 0 radical (unpaired) electrons. The summed E-state index contributed by atoms with van der Waals surface area (Å²) in [6.45, 7) is 0. The molecule has 0 fully saturated rings. The predicted octanol–water partition coefficient (Wildman–Crippen LogP) is 3.54. The van der Waals surface area contributed by atoms with E-state index in [0.29, 0.717) is 5.52 Å². The lowest BCUT2D eigenvalue weighted by Gasteiger charge is -2.18. The number of nitrogens with one attached hydrogen (secondary N) is 1. The van der Waals surface area contributed by atoms with Gasteiger partial charge in [-0.15, -0.1) is 0 Å². The van der Waals surface area contributed by atoms with Gasteiger partial charge < -0.3 is 5.32 Å². The van der Waals surface area contributed by atoms with Crippen molar-refractivity contribution in [2.45, 2.75) is 6.04 Å². The van der Waals surface area contributed by atoms with Crippen LogP contribution in [0.1, 0.15) is 27.8 Å². The third-order valence-electron chi connectivity index (χ3n) is 4.07. The van der Waals surface area contributed by atoms with E-state index < -0.39 is 0 Å². The van der Waals surface area contributed by atoms with E-state index >= 15 is 0 Å². The molecule has 4 aromatic rings. The van der Waals surface area contributed by atoms with Gasteiger partial charge in [0.25, 0.3) is 5.91 Å². The molecule has 0 saturated heterocycles. The SMILES string of the molecule is O=C(NC(c1ccccc1)c1ccccn1)c1cnc2ccccc2n1. The largest absolute Gasteiger partial charge is 0.338 e. The average Bonchev–Trinajstić information content (AvgIpc) is 2.72. The Hall–Kier alpha value is -3.60. The number of carbonyl (C=O) groups excluding carboxylic acids is 1. The van der Waals surface area contributed by atoms with Crippen molar-refractivity contribution < 1.29 is 4.79 Å². The monoisotopic (exact) mass is 340 g/mol. The van der Waals surface area contributed by atoms with E-state index in [1.807, 2.05) is 72.8 Å². The van der Waals surface area contributed by atoms with Crippen LogP contribution in [0.2, 0.25) is 0 Å². The second-order valence-electron chi connectivity index (χ2n) is 5.82. The second kappa shape index (κ2) is 7.11. The molecule has 1 amide bonds. The van der Waals surface area contributed by atoms with Gasteiger partial charge in [0.1, 0.15) is 5.69 Å². The van der Waals surface area contributed by atoms with Crippen molar-refractivity contribution in [2.24, 2.45) is 0 Å². The Labute approximate surface area is 150 Å². The normalized spacial score (nSPS) is 11.8. The smallest absolute Gasteiger partial charge is 0.272 e. The Morgan fingerprint density at radius 3 is 2.31 bits per heavy atom. The van der Waals surface area contributed by atoms with E-state index in [4.69, 9.17) is 0 Å². The fourth-order valence-electron chi connectivity index (χ4n) is 2.79. The third-order valence-corrected chi connectivity index (χ3v) is 4.07. The summed E-state index contributed by atoms with van der Waals surface area (Å²) in [5, 5.41) is 3.03. The summed E-state index contributed by atoms with van der Waals surface area (Å²) in [6.07, 6.45) is 3.21. The molecule has 5 heteroatoms. The molecule has 4 rings (SSSR count). The van der Waals surface area contributed by atoms with Crippen LogP contribution < -0.4 is 5.32 Å². The van der Waals surface area contributed by atoms with E-state index in [-0.39, 0.29) is 17.6 Å². The van der Waals surface area contributed by atoms with E-state index in [2.05, 4.69) is 20.3 Å². The number of amides is 1. The van der Waals surface area contributed by atoms with Crippen LogP contribution in [0, 0.1) is 0 Å². The molecule has 0 bridgehead atoms. The summed E-state index contributed by atoms with van der Waals surface area (Å²) in [7, 11) is 0. The number of benzene rings is 2. The van der Waals surface area contributed by atoms with Gasteiger partial charge in [-0.1, -0.05) is 48.5 Å². The van der Waals surface area contributed by atoms with Gasteiger partial charge in [0.2, 0.25) is 0 Å². The van der Waals surface area contributed by atoms with Crippen LogP contribution in [0.3, 0.4) is 0 Å². The number of para-hydroxylation sites is 2. The maximum Gasteiger partial charge on any atom is 0.272 e. The van der Waals surface area contributed by atoms with Crippen molar-refractivity contribution in [3.8, 4) is 0 Å². The molecular formula is C21H16N4O. The molecule has 0 spiro atoms. The fourth-order valence-corrected chi connectivity index (χ4v) is 2.79. The number of aromatic nitrogens is 3. The average molecular weight is 340 g/mol. The molecule has 0 aliphatic heterocycles. The summed E-state index contributed by atoms with van der Waals surface area (Å²) in [5.74, 6) is -0.289. The highest BCUT2D eigenvalue weighted by Crippen LogP contribution is 2.20. The lowest BCUT2D eigenvalue weighted by molar-refractivity contribution is 0.0937. The van der Waals surface area contributed by atoms with Crippen molar-refractivity contribution in [1.82, 2.24) is 20.3 Å². The zero-order valence-corrected chi connectivity index (χ0v) is 13.9. The van der Waals surface area contributed by atoms with E-state index in [1.165, 1.54) is 6.20 Å². The minimum Gasteiger partial charge on any atom is -0.338 e. The Kier molecular flexibility index (Phi) is 4.35. The number of nitrogens with zero attached hydrogens (tertiary/aromatic N) is 3. The molecule has 5 nitrogen and oxygen atoms in total. The van der Waals surface area contributed by atoms with E-state index in [9.17, 15) is 4.79 Å². The summed E-state index contributed by atoms with van der Waals surface area (Å²) < 4.78 is 0. The quantitative estimate of drug-likeness (QED) is 0.617. The van der Waals surface area contributed by atoms with Gasteiger partial charge in [-0.25, -0.2) is 4.98 Å². The molecule has 2 aromatic carbocycles. The number of pyridine rings is 1. The topological polar surface area (TPSA) is 67.8 Å². The fraction of sp³-hybridized carbons (Fsp3) is 0.0476. The molecule has 1 atom stereocenters. The van der Waals surface area contributed by atoms with Gasteiger partial charge in [0.15, 0.2) is 0 Å². The van der Waals surface area contributed by atoms with Crippen LogP contribution in [0.4, 0.5) is 0 Å². The molecule has 26 heavy (non-hydrogen) atoms. The number of rotatable bonds is 4. The van der Waals surface area contributed by atoms with Gasteiger partial charge in [0.05, 0.1) is 29.0 Å². The molecule has 1 N–H and O–H groups in total. The first-order chi connectivity index (χ1) is 12.8. The Morgan fingerprint density at radius 2 is 1.54 bits per heavy atom. The molecule has 0 aliphatic rings. The standard InChI is InChI=1S/C21H16N4O/c26-21(19-14-23-16-10-4-5-11-17(16)24-19)25-20(15-8-2-1-3-9-15)18-12-6-7-13-22-18/h1-14,20H,(H,25,26). The minimum atomic E-state index is -0.363. The van der Waals surface area contributed by atoms with Crippen molar-refractivity contribution >= 4 is 16.9 Å². The van der Waals surface area contributed by atoms with Crippen molar-refractivity contribution in [2.75, 3.05) is 0 Å². The molecule has 126 valence electrons. The first-order valence-electron chi connectivity index (χ1n) is 8.30. The van der Waals surface area contributed by atoms with Crippen molar-refractivity contribution in [1.29, 1.82) is 0 Å². The van der Waals surface area contributed by atoms with Gasteiger partial charge in [-0.3, -0.25) is 14.8 Å². The summed E-state index contributed by atoms with van der Waals surface area (Å²) in [6, 6.07) is 22.5. The van der Waals surface area contributed by atoms with Gasteiger partial charge in [-0.05, 0) is 29.8 Å². The molecule has 2 aromatic heterocycles. The third kappa shape index (κ3) is 3.28. The van der Waals surface area contributed by atoms with Crippen LogP contribution in [-0.2, 0) is 0 Å². The van der Waals surface area contributed by atoms with E-state index in [1.54, 1.807) is 6.20 Å². The first kappa shape index (κ1) is 15.9. The molecule has 1 unspecified atom stereocenters. The number of carbonyl (C=O) groups is 1. The highest BCUT2D eigenvalue weighted by atomic mass is 16.1. The van der Waals surface area contributed by atoms with Crippen LogP contribution in [0.5, 0.6) is 0 Å². The van der Waals surface area contributed by atoms with Gasteiger partial charge in [0, 0.05) is 6.20 Å². The predicted molar refractivity (Wildman–Crippen MR) is 99.5 cm³/mol. The van der Waals surface area contributed by atoms with Crippen LogP contribution >= 0.6 is 0 Å². The van der Waals surface area contributed by atoms with Crippen molar-refractivity contribution in [3.63, 3.8) is 0 Å². The molecule has 0 aliphatic carbocycles. The molecule has 2 heterocycles. The van der Waals surface area contributed by atoms with Gasteiger partial charge in [-0.2, -0.15) is 0 Å². The van der Waals surface area contributed by atoms with Crippen LogP contribution in [0.25, 0.3) is 11.0 Å². The summed E-state index contributed by atoms with van der Waals surface area (Å²) in [5.41, 5.74) is 3.44. The van der Waals surface area contributed by atoms with Crippen LogP contribution in [-0.4, -0.2) is 20.9 Å². The number of fused-ring (bicyclic) bond motifs is 1. The number of hydrogen-bond acceptors (Lipinski definition) is 4. The lowest BCUT2D eigenvalue weighted by atomic mass is 10.0. The minimum absolute atomic E-state index is 0.278. The highest BCUT2D eigenvalue weighted by molar-refractivity contribution is 5.94. The second-order valence-corrected chi connectivity index (χ2v) is 5.82. The van der Waals surface area contributed by atoms with Gasteiger partial charge >= 0.3 is 0 Å². The Morgan fingerprint density at radius 1 is 0.808 bits per heavy atom. The summed E-state index contributed by atoms with van der Waals surface area (Å²) in [4.78, 5) is 25.9. The number of hydrogen-bond donors (Lipinski definition) is 1. The first-order valence-corrected chi connectivity index (χ1v) is 8.30. The molecule has 0 saturated carbocycles. The maximum atomic E-state index is 12.8. The lowest BCUT2D eigenvalue weighted by Crippen LogP contribution is -2.30.